The summed E-state index contributed by atoms with van der Waals surface area (Å²) < 4.78 is 18.3. The van der Waals surface area contributed by atoms with Crippen LogP contribution in [-0.4, -0.2) is 9.13 Å². The minimum Gasteiger partial charge on any atom is -0.452 e. The lowest BCUT2D eigenvalue weighted by Crippen LogP contribution is -1.96. The van der Waals surface area contributed by atoms with E-state index in [-0.39, 0.29) is 0 Å². The lowest BCUT2D eigenvalue weighted by atomic mass is 9.96. The Morgan fingerprint density at radius 1 is 0.462 bits per heavy atom. The van der Waals surface area contributed by atoms with E-state index in [0.717, 1.165) is 67.8 Å². The standard InChI is InChI=1S/C48H32N2O2/c1-49-39-13-7-5-9-31(39)37-23-27(17-21-41(37)49)29-15-19-35-43(25-29)51-47-45(35)33-11-3-4-12-34(33)46-36-20-16-30(26-44(36)52-48(46)47)28-18-22-42-38(24-28)32-10-6-8-14-40(32)50(42)2/h3-5,7-9,11-26H,6,10H2,1-2H3. The molecule has 4 heterocycles. The predicted molar refractivity (Wildman–Crippen MR) is 217 cm³/mol. The number of para-hydroxylation sites is 1. The molecule has 0 unspecified atom stereocenters. The first-order valence-electron chi connectivity index (χ1n) is 18.1. The monoisotopic (exact) mass is 668 g/mol. The SMILES string of the molecule is Cn1c2c(c3cc(-c4ccc5c(c4)oc4c6oc7cc(-c8ccc9c(c8)c8ccccc8n9C)ccc7c6c6ccccc6c54)ccc31)CCC=C2. The molecule has 12 rings (SSSR count). The van der Waals surface area contributed by atoms with Crippen LogP contribution < -0.4 is 0 Å². The molecule has 0 atom stereocenters. The number of fused-ring (bicyclic) bond motifs is 16. The third-order valence-corrected chi connectivity index (χ3v) is 11.8. The van der Waals surface area contributed by atoms with E-state index in [0.29, 0.717) is 0 Å². The molecule has 1 aliphatic rings. The zero-order chi connectivity index (χ0) is 34.2. The largest absolute Gasteiger partial charge is 0.452 e. The summed E-state index contributed by atoms with van der Waals surface area (Å²) in [7, 11) is 4.31. The third-order valence-electron chi connectivity index (χ3n) is 11.8. The molecule has 4 heteroatoms. The average molecular weight is 669 g/mol. The fourth-order valence-corrected chi connectivity index (χ4v) is 9.29. The van der Waals surface area contributed by atoms with Crippen LogP contribution >= 0.6 is 0 Å². The van der Waals surface area contributed by atoms with Gasteiger partial charge in [-0.2, -0.15) is 0 Å². The molecule has 0 aliphatic heterocycles. The number of hydrogen-bond donors (Lipinski definition) is 0. The molecular formula is C48H32N2O2. The first-order chi connectivity index (χ1) is 25.6. The van der Waals surface area contributed by atoms with Crippen LogP contribution in [0.2, 0.25) is 0 Å². The second-order valence-electron chi connectivity index (χ2n) is 14.5. The maximum Gasteiger partial charge on any atom is 0.179 e. The van der Waals surface area contributed by atoms with E-state index in [4.69, 9.17) is 8.83 Å². The topological polar surface area (TPSA) is 36.1 Å². The third kappa shape index (κ3) is 3.66. The summed E-state index contributed by atoms with van der Waals surface area (Å²) in [6, 6.07) is 44.2. The van der Waals surface area contributed by atoms with E-state index < -0.39 is 0 Å². The van der Waals surface area contributed by atoms with E-state index in [1.54, 1.807) is 0 Å². The van der Waals surface area contributed by atoms with Gasteiger partial charge >= 0.3 is 0 Å². The normalized spacial score (nSPS) is 13.3. The van der Waals surface area contributed by atoms with Gasteiger partial charge in [-0.25, -0.2) is 0 Å². The van der Waals surface area contributed by atoms with Crippen molar-refractivity contribution in [1.29, 1.82) is 0 Å². The minimum atomic E-state index is 0.800. The molecule has 0 saturated carbocycles. The quantitative estimate of drug-likeness (QED) is 0.184. The lowest BCUT2D eigenvalue weighted by Gasteiger charge is -2.07. The van der Waals surface area contributed by atoms with Gasteiger partial charge in [0.05, 0.1) is 0 Å². The molecule has 246 valence electrons. The van der Waals surface area contributed by atoms with E-state index in [9.17, 15) is 0 Å². The smallest absolute Gasteiger partial charge is 0.179 e. The molecule has 4 nitrogen and oxygen atoms in total. The van der Waals surface area contributed by atoms with Gasteiger partial charge in [-0.15, -0.1) is 0 Å². The Morgan fingerprint density at radius 3 is 1.63 bits per heavy atom. The highest BCUT2D eigenvalue weighted by Gasteiger charge is 2.22. The fourth-order valence-electron chi connectivity index (χ4n) is 9.29. The van der Waals surface area contributed by atoms with Gasteiger partial charge in [-0.3, -0.25) is 0 Å². The van der Waals surface area contributed by atoms with Gasteiger partial charge < -0.3 is 18.0 Å². The number of hydrogen-bond acceptors (Lipinski definition) is 2. The number of benzene rings is 7. The molecule has 0 fully saturated rings. The highest BCUT2D eigenvalue weighted by Crippen LogP contribution is 2.46. The molecule has 1 aliphatic carbocycles. The van der Waals surface area contributed by atoms with Crippen molar-refractivity contribution < 1.29 is 8.83 Å². The first-order valence-corrected chi connectivity index (χ1v) is 18.1. The summed E-state index contributed by atoms with van der Waals surface area (Å²) in [6.45, 7) is 0. The Balaban J connectivity index is 1.05. The van der Waals surface area contributed by atoms with Crippen molar-refractivity contribution >= 4 is 93.4 Å². The van der Waals surface area contributed by atoms with Gasteiger partial charge in [0.2, 0.25) is 0 Å². The molecule has 0 bridgehead atoms. The zero-order valence-corrected chi connectivity index (χ0v) is 28.8. The van der Waals surface area contributed by atoms with Crippen LogP contribution in [0.4, 0.5) is 0 Å². The zero-order valence-electron chi connectivity index (χ0n) is 28.8. The Bertz CT molecular complexity index is 3380. The number of aryl methyl sites for hydroxylation is 3. The summed E-state index contributed by atoms with van der Waals surface area (Å²) in [5.74, 6) is 0. The molecule has 11 aromatic rings. The van der Waals surface area contributed by atoms with Gasteiger partial charge in [0.1, 0.15) is 11.2 Å². The average Bonchev–Trinajstić information content (AvgIpc) is 3.93. The molecular weight excluding hydrogens is 637 g/mol. The van der Waals surface area contributed by atoms with Crippen LogP contribution in [0.15, 0.2) is 136 Å². The second-order valence-corrected chi connectivity index (χ2v) is 14.5. The summed E-state index contributed by atoms with van der Waals surface area (Å²) in [5.41, 5.74) is 14.5. The molecule has 0 N–H and O–H groups in total. The number of furan rings is 2. The van der Waals surface area contributed by atoms with Crippen LogP contribution in [0.3, 0.4) is 0 Å². The van der Waals surface area contributed by atoms with Crippen molar-refractivity contribution in [2.75, 3.05) is 0 Å². The molecule has 0 radical (unpaired) electrons. The number of allylic oxidation sites excluding steroid dienone is 1. The molecule has 0 amide bonds. The van der Waals surface area contributed by atoms with Crippen LogP contribution in [0.25, 0.3) is 116 Å². The van der Waals surface area contributed by atoms with Crippen LogP contribution in [0, 0.1) is 0 Å². The fraction of sp³-hybridized carbons (Fsp3) is 0.0833. The van der Waals surface area contributed by atoms with Gasteiger partial charge in [0.15, 0.2) is 11.2 Å². The predicted octanol–water partition coefficient (Wildman–Crippen LogP) is 13.1. The second kappa shape index (κ2) is 10.0. The van der Waals surface area contributed by atoms with Crippen molar-refractivity contribution in [2.45, 2.75) is 12.8 Å². The van der Waals surface area contributed by atoms with Crippen molar-refractivity contribution in [3.63, 3.8) is 0 Å². The summed E-state index contributed by atoms with van der Waals surface area (Å²) >= 11 is 0. The van der Waals surface area contributed by atoms with Crippen LogP contribution in [-0.2, 0) is 20.5 Å². The maximum absolute atomic E-state index is 6.84. The van der Waals surface area contributed by atoms with Gasteiger partial charge in [-0.05, 0) is 112 Å². The highest BCUT2D eigenvalue weighted by atomic mass is 16.4. The molecule has 52 heavy (non-hydrogen) atoms. The molecule has 7 aromatic carbocycles. The Kier molecular flexibility index (Phi) is 5.45. The lowest BCUT2D eigenvalue weighted by molar-refractivity contribution is 0.634. The van der Waals surface area contributed by atoms with Crippen molar-refractivity contribution in [2.24, 2.45) is 14.1 Å². The minimum absolute atomic E-state index is 0.800. The molecule has 4 aromatic heterocycles. The number of nitrogens with zero attached hydrogens (tertiary/aromatic N) is 2. The van der Waals surface area contributed by atoms with E-state index in [1.807, 2.05) is 0 Å². The Labute approximate surface area is 298 Å². The first kappa shape index (κ1) is 28.2. The number of aromatic nitrogens is 2. The van der Waals surface area contributed by atoms with E-state index in [2.05, 4.69) is 157 Å². The van der Waals surface area contributed by atoms with Crippen molar-refractivity contribution in [3.05, 3.63) is 139 Å². The van der Waals surface area contributed by atoms with Gasteiger partial charge in [-0.1, -0.05) is 72.8 Å². The molecule has 0 spiro atoms. The highest BCUT2D eigenvalue weighted by molar-refractivity contribution is 6.33. The Hall–Kier alpha value is -6.52. The van der Waals surface area contributed by atoms with Crippen molar-refractivity contribution in [1.82, 2.24) is 9.13 Å². The van der Waals surface area contributed by atoms with Gasteiger partial charge in [0.25, 0.3) is 0 Å². The summed E-state index contributed by atoms with van der Waals surface area (Å²) in [5, 5.41) is 10.6. The number of rotatable bonds is 2. The van der Waals surface area contributed by atoms with Crippen LogP contribution in [0.5, 0.6) is 0 Å². The van der Waals surface area contributed by atoms with E-state index in [1.165, 1.54) is 65.9 Å². The van der Waals surface area contributed by atoms with Gasteiger partial charge in [0, 0.05) is 74.0 Å². The maximum atomic E-state index is 6.84. The van der Waals surface area contributed by atoms with E-state index >= 15 is 0 Å². The summed E-state index contributed by atoms with van der Waals surface area (Å²) in [6.07, 6.45) is 6.73. The summed E-state index contributed by atoms with van der Waals surface area (Å²) in [4.78, 5) is 0. The van der Waals surface area contributed by atoms with Crippen LogP contribution in [0.1, 0.15) is 17.7 Å². The van der Waals surface area contributed by atoms with Crippen molar-refractivity contribution in [3.8, 4) is 22.3 Å². The Morgan fingerprint density at radius 2 is 0.981 bits per heavy atom. The molecule has 0 saturated heterocycles.